The van der Waals surface area contributed by atoms with Crippen molar-refractivity contribution < 1.29 is 14.3 Å². The number of rotatable bonds is 6. The molecule has 0 radical (unpaired) electrons. The number of halogens is 1. The molecule has 146 valence electrons. The Bertz CT molecular complexity index is 741. The lowest BCUT2D eigenvalue weighted by Gasteiger charge is -2.36. The van der Waals surface area contributed by atoms with E-state index < -0.39 is 5.54 Å². The molecule has 2 aromatic rings. The number of hydrogen-bond acceptors (Lipinski definition) is 5. The lowest BCUT2D eigenvalue weighted by atomic mass is 9.87. The first-order chi connectivity index (χ1) is 12.7. The van der Waals surface area contributed by atoms with Gasteiger partial charge in [0.15, 0.2) is 0 Å². The maximum atomic E-state index is 12.9. The first kappa shape index (κ1) is 20.9. The lowest BCUT2D eigenvalue weighted by molar-refractivity contribution is -0.131. The third kappa shape index (κ3) is 4.67. The SMILES string of the molecule is COC(=O)c1ccc(CCNC(=O)C2(n3cccn3)CCNCC2)cc1.Cl. The first-order valence-corrected chi connectivity index (χ1v) is 8.82. The van der Waals surface area contributed by atoms with Gasteiger partial charge in [-0.05, 0) is 56.1 Å². The Balaban J connectivity index is 0.00000261. The number of hydrogen-bond donors (Lipinski definition) is 2. The van der Waals surface area contributed by atoms with E-state index in [-0.39, 0.29) is 24.3 Å². The minimum atomic E-state index is -0.622. The minimum absolute atomic E-state index is 0. The van der Waals surface area contributed by atoms with E-state index in [1.54, 1.807) is 23.0 Å². The van der Waals surface area contributed by atoms with Crippen molar-refractivity contribution in [1.82, 2.24) is 20.4 Å². The molecule has 8 heteroatoms. The Kier molecular flexibility index (Phi) is 7.38. The summed E-state index contributed by atoms with van der Waals surface area (Å²) >= 11 is 0. The highest BCUT2D eigenvalue weighted by atomic mass is 35.5. The standard InChI is InChI=1S/C19H24N4O3.ClH/c1-26-17(24)16-5-3-15(4-6-16)7-11-21-18(25)19(8-12-20-13-9-19)23-14-2-10-22-23;/h2-6,10,14,20H,7-9,11-13H2,1H3,(H,21,25);1H. The zero-order valence-electron chi connectivity index (χ0n) is 15.3. The zero-order valence-corrected chi connectivity index (χ0v) is 16.1. The van der Waals surface area contributed by atoms with Gasteiger partial charge in [0.2, 0.25) is 5.91 Å². The smallest absolute Gasteiger partial charge is 0.337 e. The topological polar surface area (TPSA) is 85.2 Å². The molecule has 1 aliphatic heterocycles. The largest absolute Gasteiger partial charge is 0.465 e. The molecule has 1 aromatic carbocycles. The average molecular weight is 393 g/mol. The highest BCUT2D eigenvalue weighted by molar-refractivity contribution is 5.89. The maximum Gasteiger partial charge on any atom is 0.337 e. The molecule has 2 heterocycles. The van der Waals surface area contributed by atoms with Crippen LogP contribution in [0.5, 0.6) is 0 Å². The molecule has 1 aromatic heterocycles. The average Bonchev–Trinajstić information content (AvgIpc) is 3.23. The van der Waals surface area contributed by atoms with Crippen molar-refractivity contribution in [2.45, 2.75) is 24.8 Å². The number of methoxy groups -OCH3 is 1. The number of piperidine rings is 1. The van der Waals surface area contributed by atoms with Crippen molar-refractivity contribution in [2.75, 3.05) is 26.7 Å². The number of esters is 1. The third-order valence-corrected chi connectivity index (χ3v) is 4.87. The molecule has 0 aliphatic carbocycles. The predicted molar refractivity (Wildman–Crippen MR) is 104 cm³/mol. The van der Waals surface area contributed by atoms with Crippen LogP contribution < -0.4 is 10.6 Å². The fourth-order valence-corrected chi connectivity index (χ4v) is 3.33. The van der Waals surface area contributed by atoms with Gasteiger partial charge in [-0.1, -0.05) is 12.1 Å². The number of carbonyl (C=O) groups is 2. The van der Waals surface area contributed by atoms with Crippen LogP contribution in [0.4, 0.5) is 0 Å². The quantitative estimate of drug-likeness (QED) is 0.728. The predicted octanol–water partition coefficient (Wildman–Crippen LogP) is 1.53. The minimum Gasteiger partial charge on any atom is -0.465 e. The van der Waals surface area contributed by atoms with E-state index in [4.69, 9.17) is 4.74 Å². The number of benzene rings is 1. The molecule has 7 nitrogen and oxygen atoms in total. The van der Waals surface area contributed by atoms with Gasteiger partial charge in [-0.2, -0.15) is 5.10 Å². The molecule has 0 atom stereocenters. The fourth-order valence-electron chi connectivity index (χ4n) is 3.33. The van der Waals surface area contributed by atoms with Gasteiger partial charge in [-0.15, -0.1) is 12.4 Å². The molecule has 0 spiro atoms. The monoisotopic (exact) mass is 392 g/mol. The van der Waals surface area contributed by atoms with Gasteiger partial charge in [0.1, 0.15) is 5.54 Å². The molecule has 27 heavy (non-hydrogen) atoms. The molecule has 2 N–H and O–H groups in total. The summed E-state index contributed by atoms with van der Waals surface area (Å²) in [4.78, 5) is 24.4. The molecule has 1 aliphatic rings. The summed E-state index contributed by atoms with van der Waals surface area (Å²) in [6, 6.07) is 9.08. The molecule has 3 rings (SSSR count). The molecular weight excluding hydrogens is 368 g/mol. The number of nitrogens with one attached hydrogen (secondary N) is 2. The Morgan fingerprint density at radius 3 is 2.56 bits per heavy atom. The van der Waals surface area contributed by atoms with Crippen LogP contribution in [-0.2, 0) is 21.5 Å². The highest BCUT2D eigenvalue weighted by Gasteiger charge is 2.41. The van der Waals surface area contributed by atoms with Crippen LogP contribution in [0.2, 0.25) is 0 Å². The van der Waals surface area contributed by atoms with E-state index in [1.807, 2.05) is 24.4 Å². The Morgan fingerprint density at radius 1 is 1.26 bits per heavy atom. The van der Waals surface area contributed by atoms with Crippen molar-refractivity contribution in [3.05, 3.63) is 53.9 Å². The van der Waals surface area contributed by atoms with E-state index >= 15 is 0 Å². The summed E-state index contributed by atoms with van der Waals surface area (Å²) in [5, 5.41) is 10.7. The lowest BCUT2D eigenvalue weighted by Crippen LogP contribution is -2.54. The molecule has 1 fully saturated rings. The number of amides is 1. The molecule has 0 bridgehead atoms. The van der Waals surface area contributed by atoms with Crippen LogP contribution in [0.1, 0.15) is 28.8 Å². The first-order valence-electron chi connectivity index (χ1n) is 8.82. The van der Waals surface area contributed by atoms with Gasteiger partial charge in [-0.3, -0.25) is 9.48 Å². The number of carbonyl (C=O) groups excluding carboxylic acids is 2. The summed E-state index contributed by atoms with van der Waals surface area (Å²) in [5.74, 6) is -0.342. The van der Waals surface area contributed by atoms with Crippen LogP contribution in [0.25, 0.3) is 0 Å². The Labute approximate surface area is 164 Å². The molecule has 0 unspecified atom stereocenters. The fraction of sp³-hybridized carbons (Fsp3) is 0.421. The summed E-state index contributed by atoms with van der Waals surface area (Å²) in [6.07, 6.45) is 5.69. The van der Waals surface area contributed by atoms with Gasteiger partial charge in [-0.25, -0.2) is 4.79 Å². The van der Waals surface area contributed by atoms with E-state index in [2.05, 4.69) is 15.7 Å². The van der Waals surface area contributed by atoms with Crippen molar-refractivity contribution in [3.63, 3.8) is 0 Å². The van der Waals surface area contributed by atoms with E-state index in [0.29, 0.717) is 31.4 Å². The summed E-state index contributed by atoms with van der Waals surface area (Å²) in [6.45, 7) is 2.12. The zero-order chi connectivity index (χ0) is 18.4. The van der Waals surface area contributed by atoms with Crippen LogP contribution in [0, 0.1) is 0 Å². The summed E-state index contributed by atoms with van der Waals surface area (Å²) in [5.41, 5.74) is 0.952. The van der Waals surface area contributed by atoms with Gasteiger partial charge >= 0.3 is 5.97 Å². The second-order valence-electron chi connectivity index (χ2n) is 6.43. The second-order valence-corrected chi connectivity index (χ2v) is 6.43. The van der Waals surface area contributed by atoms with Gasteiger partial charge < -0.3 is 15.4 Å². The summed E-state index contributed by atoms with van der Waals surface area (Å²) in [7, 11) is 1.36. The number of aromatic nitrogens is 2. The molecule has 1 saturated heterocycles. The highest BCUT2D eigenvalue weighted by Crippen LogP contribution is 2.27. The van der Waals surface area contributed by atoms with Crippen LogP contribution in [-0.4, -0.2) is 48.4 Å². The van der Waals surface area contributed by atoms with Gasteiger partial charge in [0, 0.05) is 18.9 Å². The molecular formula is C19H25ClN4O3. The normalized spacial score (nSPS) is 15.4. The van der Waals surface area contributed by atoms with Gasteiger partial charge in [0.05, 0.1) is 12.7 Å². The van der Waals surface area contributed by atoms with Crippen molar-refractivity contribution in [1.29, 1.82) is 0 Å². The number of nitrogens with zero attached hydrogens (tertiary/aromatic N) is 2. The van der Waals surface area contributed by atoms with Crippen molar-refractivity contribution >= 4 is 24.3 Å². The van der Waals surface area contributed by atoms with Gasteiger partial charge in [0.25, 0.3) is 0 Å². The maximum absolute atomic E-state index is 12.9. The molecule has 1 amide bonds. The van der Waals surface area contributed by atoms with E-state index in [9.17, 15) is 9.59 Å². The summed E-state index contributed by atoms with van der Waals surface area (Å²) < 4.78 is 6.48. The Hall–Kier alpha value is -2.38. The van der Waals surface area contributed by atoms with E-state index in [0.717, 1.165) is 18.7 Å². The van der Waals surface area contributed by atoms with E-state index in [1.165, 1.54) is 7.11 Å². The van der Waals surface area contributed by atoms with Crippen LogP contribution >= 0.6 is 12.4 Å². The number of ether oxygens (including phenoxy) is 1. The van der Waals surface area contributed by atoms with Crippen molar-refractivity contribution in [2.24, 2.45) is 0 Å². The Morgan fingerprint density at radius 2 is 1.96 bits per heavy atom. The molecule has 0 saturated carbocycles. The van der Waals surface area contributed by atoms with Crippen molar-refractivity contribution in [3.8, 4) is 0 Å². The van der Waals surface area contributed by atoms with Crippen LogP contribution in [0.15, 0.2) is 42.7 Å². The second kappa shape index (κ2) is 9.53. The van der Waals surface area contributed by atoms with Crippen LogP contribution in [0.3, 0.4) is 0 Å². The third-order valence-electron chi connectivity index (χ3n) is 4.87.